The van der Waals surface area contributed by atoms with Crippen molar-refractivity contribution < 1.29 is 18.8 Å². The molecule has 3 rings (SSSR count). The molecule has 0 atom stereocenters. The number of hydrogen-bond donors (Lipinski definition) is 0. The van der Waals surface area contributed by atoms with Crippen molar-refractivity contribution >= 4 is 29.3 Å². The molecule has 0 aliphatic carbocycles. The zero-order valence-electron chi connectivity index (χ0n) is 13.4. The summed E-state index contributed by atoms with van der Waals surface area (Å²) in [6, 6.07) is 5.29. The number of nitrogens with zero attached hydrogens (tertiary/aromatic N) is 3. The number of carbonyl (C=O) groups excluding carboxylic acids is 2. The molecule has 126 valence electrons. The van der Waals surface area contributed by atoms with Crippen molar-refractivity contribution in [1.29, 1.82) is 0 Å². The minimum absolute atomic E-state index is 0.0322. The van der Waals surface area contributed by atoms with E-state index < -0.39 is 0 Å². The Hall–Kier alpha value is -2.35. The zero-order chi connectivity index (χ0) is 17.1. The number of hydrogen-bond acceptors (Lipinski definition) is 7. The topological polar surface area (TPSA) is 85.5 Å². The Balaban J connectivity index is 1.60. The molecule has 8 heteroatoms. The van der Waals surface area contributed by atoms with Gasteiger partial charge in [0.15, 0.2) is 5.82 Å². The zero-order valence-corrected chi connectivity index (χ0v) is 14.3. The van der Waals surface area contributed by atoms with Gasteiger partial charge in [-0.1, -0.05) is 5.16 Å². The van der Waals surface area contributed by atoms with E-state index in [1.165, 1.54) is 18.9 Å². The fraction of sp³-hybridized carbons (Fsp3) is 0.375. The van der Waals surface area contributed by atoms with Gasteiger partial charge in [0, 0.05) is 19.2 Å². The second-order valence-corrected chi connectivity index (χ2v) is 6.34. The Bertz CT molecular complexity index is 774. The van der Waals surface area contributed by atoms with Crippen LogP contribution in [0.4, 0.5) is 5.69 Å². The molecule has 2 heterocycles. The number of esters is 1. The first-order valence-corrected chi connectivity index (χ1v) is 8.62. The Morgan fingerprint density at radius 3 is 2.96 bits per heavy atom. The third-order valence-corrected chi connectivity index (χ3v) is 4.64. The summed E-state index contributed by atoms with van der Waals surface area (Å²) < 4.78 is 9.63. The van der Waals surface area contributed by atoms with Crippen molar-refractivity contribution in [2.24, 2.45) is 0 Å². The van der Waals surface area contributed by atoms with Gasteiger partial charge in [0.05, 0.1) is 24.2 Å². The lowest BCUT2D eigenvalue weighted by atomic mass is 10.1. The number of anilines is 1. The third-order valence-electron chi connectivity index (χ3n) is 3.72. The lowest BCUT2D eigenvalue weighted by molar-refractivity contribution is -0.116. The summed E-state index contributed by atoms with van der Waals surface area (Å²) in [6.45, 7) is 2.36. The number of fused-ring (bicyclic) bond motifs is 1. The number of amides is 1. The summed E-state index contributed by atoms with van der Waals surface area (Å²) in [6.07, 6.45) is 0.737. The molecule has 7 nitrogen and oxygen atoms in total. The molecule has 0 spiro atoms. The van der Waals surface area contributed by atoms with Crippen LogP contribution < -0.4 is 4.90 Å². The van der Waals surface area contributed by atoms with Crippen molar-refractivity contribution in [1.82, 2.24) is 10.1 Å². The van der Waals surface area contributed by atoms with Gasteiger partial charge in [0.2, 0.25) is 11.8 Å². The highest BCUT2D eigenvalue weighted by molar-refractivity contribution is 7.99. The van der Waals surface area contributed by atoms with Gasteiger partial charge in [-0.2, -0.15) is 4.98 Å². The molecule has 1 aromatic heterocycles. The van der Waals surface area contributed by atoms with Crippen LogP contribution in [0.15, 0.2) is 22.7 Å². The van der Waals surface area contributed by atoms with Crippen LogP contribution in [0.2, 0.25) is 0 Å². The third kappa shape index (κ3) is 3.43. The van der Waals surface area contributed by atoms with Gasteiger partial charge >= 0.3 is 5.97 Å². The standard InChI is InChI=1S/C16H17N3O4S/c1-10-17-14(18-23-10)8-24-9-15(20)19-6-5-11-7-12(16(21)22-2)3-4-13(11)19/h3-4,7H,5-6,8-9H2,1-2H3. The molecule has 0 fully saturated rings. The van der Waals surface area contributed by atoms with Crippen molar-refractivity contribution in [2.75, 3.05) is 24.3 Å². The maximum Gasteiger partial charge on any atom is 0.337 e. The molecular weight excluding hydrogens is 330 g/mol. The number of carbonyl (C=O) groups is 2. The Kier molecular flexibility index (Phi) is 4.84. The van der Waals surface area contributed by atoms with Crippen molar-refractivity contribution in [3.05, 3.63) is 41.0 Å². The molecule has 0 saturated carbocycles. The predicted octanol–water partition coefficient (Wildman–Crippen LogP) is 1.99. The Morgan fingerprint density at radius 2 is 2.25 bits per heavy atom. The molecule has 0 bridgehead atoms. The van der Waals surface area contributed by atoms with Crippen LogP contribution >= 0.6 is 11.8 Å². The van der Waals surface area contributed by atoms with Crippen LogP contribution in [0, 0.1) is 6.92 Å². The summed E-state index contributed by atoms with van der Waals surface area (Å²) in [7, 11) is 1.35. The Morgan fingerprint density at radius 1 is 1.42 bits per heavy atom. The maximum atomic E-state index is 12.4. The van der Waals surface area contributed by atoms with Gasteiger partial charge in [-0.25, -0.2) is 4.79 Å². The summed E-state index contributed by atoms with van der Waals surface area (Å²) in [5.41, 5.74) is 2.36. The van der Waals surface area contributed by atoms with Gasteiger partial charge in [-0.05, 0) is 30.2 Å². The van der Waals surface area contributed by atoms with Crippen LogP contribution in [-0.2, 0) is 21.7 Å². The number of rotatable bonds is 5. The van der Waals surface area contributed by atoms with E-state index >= 15 is 0 Å². The average molecular weight is 347 g/mol. The number of thioether (sulfide) groups is 1. The number of benzene rings is 1. The first-order chi connectivity index (χ1) is 11.6. The second-order valence-electron chi connectivity index (χ2n) is 5.35. The monoisotopic (exact) mass is 347 g/mol. The molecule has 24 heavy (non-hydrogen) atoms. The first kappa shape index (κ1) is 16.5. The van der Waals surface area contributed by atoms with Gasteiger partial charge < -0.3 is 14.2 Å². The normalized spacial score (nSPS) is 13.0. The molecule has 0 N–H and O–H groups in total. The molecular formula is C16H17N3O4S. The van der Waals surface area contributed by atoms with Crippen LogP contribution in [-0.4, -0.2) is 41.4 Å². The Labute approximate surface area is 143 Å². The highest BCUT2D eigenvalue weighted by Crippen LogP contribution is 2.29. The smallest absolute Gasteiger partial charge is 0.337 e. The van der Waals surface area contributed by atoms with E-state index in [1.54, 1.807) is 30.0 Å². The van der Waals surface area contributed by atoms with Gasteiger partial charge in [0.25, 0.3) is 0 Å². The minimum atomic E-state index is -0.367. The van der Waals surface area contributed by atoms with E-state index in [-0.39, 0.29) is 11.9 Å². The van der Waals surface area contributed by atoms with E-state index in [4.69, 9.17) is 9.26 Å². The number of ether oxygens (including phenoxy) is 1. The average Bonchev–Trinajstić information content (AvgIpc) is 3.19. The number of methoxy groups -OCH3 is 1. The SMILES string of the molecule is COC(=O)c1ccc2c(c1)CCN2C(=O)CSCc1noc(C)n1. The summed E-state index contributed by atoms with van der Waals surface area (Å²) in [4.78, 5) is 29.9. The number of aryl methyl sites for hydroxylation is 1. The van der Waals surface area contributed by atoms with E-state index in [0.29, 0.717) is 35.3 Å². The molecule has 1 amide bonds. The lowest BCUT2D eigenvalue weighted by Crippen LogP contribution is -2.30. The summed E-state index contributed by atoms with van der Waals surface area (Å²) in [5, 5.41) is 3.80. The minimum Gasteiger partial charge on any atom is -0.465 e. The van der Waals surface area contributed by atoms with Crippen LogP contribution in [0.3, 0.4) is 0 Å². The highest BCUT2D eigenvalue weighted by atomic mass is 32.2. The molecule has 1 aliphatic rings. The van der Waals surface area contributed by atoms with E-state index in [1.807, 2.05) is 0 Å². The van der Waals surface area contributed by atoms with E-state index in [2.05, 4.69) is 10.1 Å². The largest absolute Gasteiger partial charge is 0.465 e. The number of aromatic nitrogens is 2. The first-order valence-electron chi connectivity index (χ1n) is 7.47. The predicted molar refractivity (Wildman–Crippen MR) is 89.0 cm³/mol. The van der Waals surface area contributed by atoms with Crippen LogP contribution in [0.5, 0.6) is 0 Å². The van der Waals surface area contributed by atoms with Crippen molar-refractivity contribution in [3.63, 3.8) is 0 Å². The fourth-order valence-electron chi connectivity index (χ4n) is 2.61. The van der Waals surface area contributed by atoms with Gasteiger partial charge in [-0.15, -0.1) is 11.8 Å². The summed E-state index contributed by atoms with van der Waals surface area (Å²) in [5.74, 6) is 1.65. The quantitative estimate of drug-likeness (QED) is 0.765. The second kappa shape index (κ2) is 7.04. The maximum absolute atomic E-state index is 12.4. The van der Waals surface area contributed by atoms with E-state index in [0.717, 1.165) is 17.7 Å². The summed E-state index contributed by atoms with van der Waals surface area (Å²) >= 11 is 1.45. The molecule has 1 aromatic carbocycles. The molecule has 0 radical (unpaired) electrons. The lowest BCUT2D eigenvalue weighted by Gasteiger charge is -2.17. The molecule has 0 unspecified atom stereocenters. The molecule has 0 saturated heterocycles. The van der Waals surface area contributed by atoms with Gasteiger partial charge in [-0.3, -0.25) is 4.79 Å². The fourth-order valence-corrected chi connectivity index (χ4v) is 3.35. The molecule has 1 aliphatic heterocycles. The van der Waals surface area contributed by atoms with Crippen LogP contribution in [0.1, 0.15) is 27.6 Å². The highest BCUT2D eigenvalue weighted by Gasteiger charge is 2.25. The van der Waals surface area contributed by atoms with E-state index in [9.17, 15) is 9.59 Å². The van der Waals surface area contributed by atoms with Crippen molar-refractivity contribution in [3.8, 4) is 0 Å². The van der Waals surface area contributed by atoms with Crippen molar-refractivity contribution in [2.45, 2.75) is 19.1 Å². The molecule has 2 aromatic rings. The van der Waals surface area contributed by atoms with Crippen LogP contribution in [0.25, 0.3) is 0 Å². The van der Waals surface area contributed by atoms with Gasteiger partial charge in [0.1, 0.15) is 0 Å².